The molecule has 0 aliphatic rings. The number of hydrogen-bond donors (Lipinski definition) is 1. The van der Waals surface area contributed by atoms with E-state index >= 15 is 0 Å². The maximum atomic E-state index is 12.8. The van der Waals surface area contributed by atoms with Crippen molar-refractivity contribution in [3.8, 4) is 0 Å². The van der Waals surface area contributed by atoms with E-state index in [4.69, 9.17) is 18.9 Å². The minimum Gasteiger partial charge on any atom is -0.477 e. The number of ether oxygens (including phenoxy) is 4. The van der Waals surface area contributed by atoms with Gasteiger partial charge in [0.15, 0.2) is 6.10 Å². The van der Waals surface area contributed by atoms with Crippen LogP contribution in [0.25, 0.3) is 0 Å². The van der Waals surface area contributed by atoms with Crippen LogP contribution in [0.3, 0.4) is 0 Å². The number of aliphatic carboxylic acids is 1. The minimum atomic E-state index is -1.51. The number of rotatable bonds is 64. The molecule has 0 aliphatic carbocycles. The number of quaternary nitrogens is 1. The van der Waals surface area contributed by atoms with Crippen LogP contribution in [-0.4, -0.2) is 87.4 Å². The number of hydrogen-bond acceptors (Lipinski definition) is 7. The van der Waals surface area contributed by atoms with Crippen LogP contribution in [0.2, 0.25) is 0 Å². The highest BCUT2D eigenvalue weighted by atomic mass is 16.7. The number of esters is 2. The zero-order chi connectivity index (χ0) is 56.2. The molecule has 0 spiro atoms. The molecule has 456 valence electrons. The normalized spacial score (nSPS) is 12.7. The van der Waals surface area contributed by atoms with E-state index in [9.17, 15) is 19.5 Å². The van der Waals surface area contributed by atoms with E-state index in [1.54, 1.807) is 0 Å². The third kappa shape index (κ3) is 61.5. The molecule has 0 saturated heterocycles. The molecule has 2 unspecified atom stereocenters. The standard InChI is InChI=1S/C68H131NO8/c1-6-8-10-12-14-16-18-20-21-22-23-24-25-26-27-28-29-30-31-32-33-34-35-36-37-38-39-40-41-42-43-44-45-47-48-50-52-54-56-58-65(70)75-62-64(63-76-68(67(72)73)74-61-60-69(3,4)5)77-66(71)59-57-55-53-51-49-46-19-17-15-13-11-9-7-2/h17,19,64,68H,6-16,18,20-63H2,1-5H3/p+1/b19-17-. The number of unbranched alkanes of at least 4 members (excludes halogenated alkanes) is 47. The second kappa shape index (κ2) is 60.1. The Morgan fingerprint density at radius 3 is 0.974 bits per heavy atom. The van der Waals surface area contributed by atoms with Crippen LogP contribution in [0, 0.1) is 0 Å². The molecule has 0 aliphatic heterocycles. The summed E-state index contributed by atoms with van der Waals surface area (Å²) >= 11 is 0. The van der Waals surface area contributed by atoms with Crippen LogP contribution in [-0.2, 0) is 33.3 Å². The van der Waals surface area contributed by atoms with Crippen molar-refractivity contribution in [1.82, 2.24) is 0 Å². The summed E-state index contributed by atoms with van der Waals surface area (Å²) in [5.74, 6) is -1.99. The van der Waals surface area contributed by atoms with Crippen molar-refractivity contribution >= 4 is 17.9 Å². The van der Waals surface area contributed by atoms with Gasteiger partial charge in [-0.15, -0.1) is 0 Å². The molecule has 0 aromatic rings. The molecule has 2 atom stereocenters. The predicted molar refractivity (Wildman–Crippen MR) is 328 cm³/mol. The molecule has 0 saturated carbocycles. The van der Waals surface area contributed by atoms with Gasteiger partial charge in [0.1, 0.15) is 13.2 Å². The fourth-order valence-electron chi connectivity index (χ4n) is 10.3. The third-order valence-electron chi connectivity index (χ3n) is 15.5. The third-order valence-corrected chi connectivity index (χ3v) is 15.5. The Bertz CT molecular complexity index is 1270. The summed E-state index contributed by atoms with van der Waals surface area (Å²) in [7, 11) is 5.98. The lowest BCUT2D eigenvalue weighted by molar-refractivity contribution is -0.870. The number of likely N-dealkylation sites (N-methyl/N-ethyl adjacent to an activating group) is 1. The first-order valence-corrected chi connectivity index (χ1v) is 33.9. The number of carboxylic acid groups (broad SMARTS) is 1. The van der Waals surface area contributed by atoms with Crippen molar-refractivity contribution in [2.45, 2.75) is 360 Å². The summed E-state index contributed by atoms with van der Waals surface area (Å²) in [5, 5.41) is 9.69. The largest absolute Gasteiger partial charge is 0.477 e. The van der Waals surface area contributed by atoms with Crippen molar-refractivity contribution in [3.63, 3.8) is 0 Å². The lowest BCUT2D eigenvalue weighted by Gasteiger charge is -2.25. The summed E-state index contributed by atoms with van der Waals surface area (Å²) in [6, 6.07) is 0. The molecule has 1 N–H and O–H groups in total. The van der Waals surface area contributed by atoms with E-state index in [1.165, 1.54) is 263 Å². The van der Waals surface area contributed by atoms with Gasteiger partial charge in [-0.2, -0.15) is 0 Å². The zero-order valence-corrected chi connectivity index (χ0v) is 52.2. The van der Waals surface area contributed by atoms with E-state index in [0.717, 1.165) is 51.4 Å². The monoisotopic (exact) mass is 1090 g/mol. The Morgan fingerprint density at radius 1 is 0.377 bits per heavy atom. The highest BCUT2D eigenvalue weighted by Crippen LogP contribution is 2.19. The topological polar surface area (TPSA) is 108 Å². The van der Waals surface area contributed by atoms with E-state index in [2.05, 4.69) is 26.0 Å². The summed E-state index contributed by atoms with van der Waals surface area (Å²) in [5.41, 5.74) is 0. The Balaban J connectivity index is 3.85. The lowest BCUT2D eigenvalue weighted by Crippen LogP contribution is -2.40. The van der Waals surface area contributed by atoms with Gasteiger partial charge in [0.2, 0.25) is 0 Å². The first-order chi connectivity index (χ1) is 37.6. The molecule has 0 rings (SSSR count). The summed E-state index contributed by atoms with van der Waals surface area (Å²) < 4.78 is 22.9. The lowest BCUT2D eigenvalue weighted by atomic mass is 10.0. The van der Waals surface area contributed by atoms with Crippen molar-refractivity contribution in [1.29, 1.82) is 0 Å². The molecule has 0 aromatic heterocycles. The van der Waals surface area contributed by atoms with Gasteiger partial charge in [0.25, 0.3) is 6.29 Å². The van der Waals surface area contributed by atoms with Gasteiger partial charge in [-0.25, -0.2) is 4.79 Å². The van der Waals surface area contributed by atoms with Crippen LogP contribution >= 0.6 is 0 Å². The van der Waals surface area contributed by atoms with Gasteiger partial charge in [-0.1, -0.05) is 309 Å². The van der Waals surface area contributed by atoms with Crippen molar-refractivity contribution in [2.75, 3.05) is 47.5 Å². The molecule has 0 fully saturated rings. The maximum Gasteiger partial charge on any atom is 0.361 e. The van der Waals surface area contributed by atoms with Gasteiger partial charge in [-0.3, -0.25) is 9.59 Å². The van der Waals surface area contributed by atoms with Gasteiger partial charge in [0, 0.05) is 12.8 Å². The molecule has 0 bridgehead atoms. The summed E-state index contributed by atoms with van der Waals surface area (Å²) in [6.45, 7) is 4.90. The Labute approximate surface area is 478 Å². The molecule has 0 heterocycles. The number of carboxylic acids is 1. The van der Waals surface area contributed by atoms with E-state index in [1.807, 2.05) is 21.1 Å². The average Bonchev–Trinajstić information content (AvgIpc) is 3.40. The average molecular weight is 1090 g/mol. The Morgan fingerprint density at radius 2 is 0.662 bits per heavy atom. The molecule has 0 amide bonds. The quantitative estimate of drug-likeness (QED) is 0.0211. The van der Waals surface area contributed by atoms with Gasteiger partial charge in [-0.05, 0) is 38.5 Å². The van der Waals surface area contributed by atoms with Crippen LogP contribution in [0.15, 0.2) is 12.2 Å². The molecule has 0 radical (unpaired) electrons. The second-order valence-corrected chi connectivity index (χ2v) is 24.5. The Hall–Kier alpha value is -1.97. The van der Waals surface area contributed by atoms with Crippen molar-refractivity contribution < 1.29 is 42.9 Å². The van der Waals surface area contributed by atoms with Crippen molar-refractivity contribution in [2.24, 2.45) is 0 Å². The highest BCUT2D eigenvalue weighted by molar-refractivity contribution is 5.71. The first kappa shape index (κ1) is 75.0. The van der Waals surface area contributed by atoms with Gasteiger partial charge in [0.05, 0.1) is 34.4 Å². The predicted octanol–water partition coefficient (Wildman–Crippen LogP) is 20.5. The number of carbonyl (C=O) groups excluding carboxylic acids is 2. The van der Waals surface area contributed by atoms with Crippen molar-refractivity contribution in [3.05, 3.63) is 12.2 Å². The summed E-state index contributed by atoms with van der Waals surface area (Å²) in [4.78, 5) is 37.4. The molecule has 0 aromatic carbocycles. The van der Waals surface area contributed by atoms with Gasteiger partial charge >= 0.3 is 17.9 Å². The SMILES string of the molecule is CCCCCC/C=C\CCCCCCCC(=O)OC(COC(=O)CCCCCCCCCCCCCCCCCCCCCCCCCCCCCCCCCCCCCCCCC)COC(OCC[N+](C)(C)C)C(=O)O. The minimum absolute atomic E-state index is 0.179. The molecular formula is C68H132NO8+. The summed E-state index contributed by atoms with van der Waals surface area (Å²) in [6.07, 6.45) is 69.3. The number of carbonyl (C=O) groups is 3. The molecular weight excluding hydrogens is 959 g/mol. The highest BCUT2D eigenvalue weighted by Gasteiger charge is 2.25. The second-order valence-electron chi connectivity index (χ2n) is 24.5. The fraction of sp³-hybridized carbons (Fsp3) is 0.926. The number of nitrogens with zero attached hydrogens (tertiary/aromatic N) is 1. The molecule has 9 nitrogen and oxygen atoms in total. The van der Waals surface area contributed by atoms with Crippen LogP contribution in [0.5, 0.6) is 0 Å². The number of allylic oxidation sites excluding steroid dienone is 2. The van der Waals surface area contributed by atoms with Gasteiger partial charge < -0.3 is 28.5 Å². The zero-order valence-electron chi connectivity index (χ0n) is 52.2. The maximum absolute atomic E-state index is 12.8. The van der Waals surface area contributed by atoms with E-state index in [0.29, 0.717) is 23.9 Å². The smallest absolute Gasteiger partial charge is 0.361 e. The fourth-order valence-corrected chi connectivity index (χ4v) is 10.3. The Kier molecular flexibility index (Phi) is 58.6. The van der Waals surface area contributed by atoms with E-state index < -0.39 is 24.3 Å². The van der Waals surface area contributed by atoms with Crippen LogP contribution in [0.1, 0.15) is 348 Å². The van der Waals surface area contributed by atoms with E-state index in [-0.39, 0.29) is 32.2 Å². The van der Waals surface area contributed by atoms with Crippen LogP contribution in [0.4, 0.5) is 0 Å². The molecule has 9 heteroatoms. The molecule has 77 heavy (non-hydrogen) atoms. The first-order valence-electron chi connectivity index (χ1n) is 33.9. The van der Waals surface area contributed by atoms with Crippen LogP contribution < -0.4 is 0 Å².